The molecule has 70 valence electrons. The van der Waals surface area contributed by atoms with Crippen LogP contribution in [-0.2, 0) is 6.04 Å². The average Bonchev–Trinajstić information content (AvgIpc) is 2.00. The second kappa shape index (κ2) is 4.02. The summed E-state index contributed by atoms with van der Waals surface area (Å²) in [5, 5.41) is -0.147. The van der Waals surface area contributed by atoms with Crippen LogP contribution in [0.4, 0.5) is 4.39 Å². The summed E-state index contributed by atoms with van der Waals surface area (Å²) in [6.07, 6.45) is 0. The first-order valence-electron chi connectivity index (χ1n) is 4.26. The van der Waals surface area contributed by atoms with Crippen molar-refractivity contribution in [3.05, 3.63) is 35.6 Å². The van der Waals surface area contributed by atoms with Crippen LogP contribution in [-0.4, -0.2) is 14.7 Å². The van der Waals surface area contributed by atoms with Crippen molar-refractivity contribution in [3.8, 4) is 0 Å². The Morgan fingerprint density at radius 2 is 2.15 bits per heavy atom. The molecule has 0 amide bonds. The van der Waals surface area contributed by atoms with Crippen molar-refractivity contribution in [3.63, 3.8) is 0 Å². The molecule has 2 N–H and O–H groups in total. The number of rotatable bonds is 3. The van der Waals surface area contributed by atoms with Crippen LogP contribution in [0.15, 0.2) is 24.3 Å². The third-order valence-corrected chi connectivity index (χ3v) is 3.13. The maximum atomic E-state index is 12.8. The van der Waals surface area contributed by atoms with Crippen molar-refractivity contribution in [1.82, 2.24) is 0 Å². The quantitative estimate of drug-likeness (QED) is 0.730. The van der Waals surface area contributed by atoms with Crippen LogP contribution in [0.2, 0.25) is 0 Å². The molecule has 0 aliphatic carbocycles. The predicted molar refractivity (Wildman–Crippen MR) is 54.1 cm³/mol. The van der Waals surface area contributed by atoms with Crippen LogP contribution in [0.5, 0.6) is 0 Å². The predicted octanol–water partition coefficient (Wildman–Crippen LogP) is 1.72. The molecular weight excluding hydrogens is 181 g/mol. The van der Waals surface area contributed by atoms with Crippen LogP contribution in [0.3, 0.4) is 0 Å². The Balaban J connectivity index is 2.55. The molecule has 0 saturated carbocycles. The molecular formula is C10H14FNSi. The van der Waals surface area contributed by atoms with Crippen LogP contribution >= 0.6 is 0 Å². The molecule has 1 aromatic carbocycles. The molecule has 0 saturated heterocycles. The monoisotopic (exact) mass is 195 g/mol. The Morgan fingerprint density at radius 3 is 2.69 bits per heavy atom. The molecule has 0 unspecified atom stereocenters. The molecule has 0 aliphatic heterocycles. The molecule has 0 aromatic heterocycles. The SMILES string of the molecule is CC(C)(N)[Si]Cc1cccc(F)c1. The fourth-order valence-electron chi connectivity index (χ4n) is 0.977. The zero-order chi connectivity index (χ0) is 9.90. The molecule has 0 atom stereocenters. The molecule has 0 fully saturated rings. The van der Waals surface area contributed by atoms with E-state index in [4.69, 9.17) is 5.73 Å². The minimum atomic E-state index is -0.169. The Bertz CT molecular complexity index is 280. The van der Waals surface area contributed by atoms with Gasteiger partial charge in [-0.1, -0.05) is 26.0 Å². The highest BCUT2D eigenvalue weighted by Crippen LogP contribution is 2.05. The van der Waals surface area contributed by atoms with Gasteiger partial charge in [0, 0.05) is 0 Å². The largest absolute Gasteiger partial charge is 0.329 e. The molecule has 1 rings (SSSR count). The van der Waals surface area contributed by atoms with Gasteiger partial charge in [0.2, 0.25) is 0 Å². The molecule has 0 heterocycles. The highest BCUT2D eigenvalue weighted by Gasteiger charge is 2.11. The molecule has 1 nitrogen and oxygen atoms in total. The summed E-state index contributed by atoms with van der Waals surface area (Å²) >= 11 is 0. The van der Waals surface area contributed by atoms with Gasteiger partial charge in [-0.05, 0) is 28.9 Å². The van der Waals surface area contributed by atoms with Gasteiger partial charge in [-0.25, -0.2) is 4.39 Å². The van der Waals surface area contributed by atoms with E-state index in [-0.39, 0.29) is 11.0 Å². The van der Waals surface area contributed by atoms with E-state index in [1.165, 1.54) is 6.07 Å². The summed E-state index contributed by atoms with van der Waals surface area (Å²) in [5.74, 6) is -0.169. The van der Waals surface area contributed by atoms with Gasteiger partial charge in [0.1, 0.15) is 5.82 Å². The lowest BCUT2D eigenvalue weighted by molar-refractivity contribution is 0.626. The van der Waals surface area contributed by atoms with E-state index in [9.17, 15) is 4.39 Å². The van der Waals surface area contributed by atoms with Crippen molar-refractivity contribution in [2.24, 2.45) is 5.73 Å². The van der Waals surface area contributed by atoms with Gasteiger partial charge in [-0.15, -0.1) is 0 Å². The summed E-state index contributed by atoms with van der Waals surface area (Å²) in [7, 11) is 0.626. The summed E-state index contributed by atoms with van der Waals surface area (Å²) in [6, 6.07) is 7.56. The molecule has 0 spiro atoms. The van der Waals surface area contributed by atoms with Gasteiger partial charge in [-0.2, -0.15) is 0 Å². The molecule has 0 bridgehead atoms. The smallest absolute Gasteiger partial charge is 0.123 e. The van der Waals surface area contributed by atoms with Crippen molar-refractivity contribution >= 4 is 9.52 Å². The fraction of sp³-hybridized carbons (Fsp3) is 0.400. The summed E-state index contributed by atoms with van der Waals surface area (Å²) < 4.78 is 12.8. The number of hydrogen-bond acceptors (Lipinski definition) is 1. The van der Waals surface area contributed by atoms with Crippen molar-refractivity contribution in [2.75, 3.05) is 0 Å². The summed E-state index contributed by atoms with van der Waals surface area (Å²) in [4.78, 5) is 0. The normalized spacial score (nSPS) is 11.7. The van der Waals surface area contributed by atoms with Crippen molar-refractivity contribution in [1.29, 1.82) is 0 Å². The van der Waals surface area contributed by atoms with E-state index in [2.05, 4.69) is 0 Å². The van der Waals surface area contributed by atoms with Crippen LogP contribution in [0.25, 0.3) is 0 Å². The number of halogens is 1. The molecule has 3 heteroatoms. The lowest BCUT2D eigenvalue weighted by atomic mass is 10.2. The highest BCUT2D eigenvalue weighted by atomic mass is 28.2. The van der Waals surface area contributed by atoms with Crippen LogP contribution in [0.1, 0.15) is 19.4 Å². The Labute approximate surface area is 81.0 Å². The van der Waals surface area contributed by atoms with E-state index in [0.29, 0.717) is 9.52 Å². The lowest BCUT2D eigenvalue weighted by Crippen LogP contribution is -2.40. The maximum absolute atomic E-state index is 12.8. The number of benzene rings is 1. The summed E-state index contributed by atoms with van der Waals surface area (Å²) in [6.45, 7) is 3.98. The average molecular weight is 195 g/mol. The van der Waals surface area contributed by atoms with Gasteiger partial charge < -0.3 is 5.73 Å². The highest BCUT2D eigenvalue weighted by molar-refractivity contribution is 6.39. The third-order valence-electron chi connectivity index (χ3n) is 1.64. The van der Waals surface area contributed by atoms with E-state index >= 15 is 0 Å². The first-order chi connectivity index (χ1) is 5.97. The minimum Gasteiger partial charge on any atom is -0.329 e. The Morgan fingerprint density at radius 1 is 1.46 bits per heavy atom. The minimum absolute atomic E-state index is 0.147. The molecule has 1 aromatic rings. The van der Waals surface area contributed by atoms with Gasteiger partial charge >= 0.3 is 0 Å². The van der Waals surface area contributed by atoms with Crippen molar-refractivity contribution < 1.29 is 4.39 Å². The van der Waals surface area contributed by atoms with Crippen LogP contribution in [0, 0.1) is 5.82 Å². The van der Waals surface area contributed by atoms with Crippen LogP contribution < -0.4 is 5.73 Å². The van der Waals surface area contributed by atoms with Gasteiger partial charge in [0.15, 0.2) is 0 Å². The second-order valence-electron chi connectivity index (χ2n) is 3.71. The lowest BCUT2D eigenvalue weighted by Gasteiger charge is -2.16. The maximum Gasteiger partial charge on any atom is 0.123 e. The molecule has 0 aliphatic rings. The fourth-order valence-corrected chi connectivity index (χ4v) is 1.86. The van der Waals surface area contributed by atoms with E-state index in [1.807, 2.05) is 19.9 Å². The van der Waals surface area contributed by atoms with Gasteiger partial charge in [0.05, 0.1) is 9.52 Å². The van der Waals surface area contributed by atoms with Gasteiger partial charge in [-0.3, -0.25) is 0 Å². The first-order valence-corrected chi connectivity index (χ1v) is 5.46. The zero-order valence-electron chi connectivity index (χ0n) is 7.97. The van der Waals surface area contributed by atoms with Crippen molar-refractivity contribution in [2.45, 2.75) is 25.1 Å². The first kappa shape index (κ1) is 10.4. The van der Waals surface area contributed by atoms with E-state index in [1.54, 1.807) is 12.1 Å². The second-order valence-corrected chi connectivity index (χ2v) is 5.70. The topological polar surface area (TPSA) is 26.0 Å². The zero-order valence-corrected chi connectivity index (χ0v) is 8.97. The molecule has 2 radical (unpaired) electrons. The van der Waals surface area contributed by atoms with Gasteiger partial charge in [0.25, 0.3) is 0 Å². The van der Waals surface area contributed by atoms with E-state index < -0.39 is 0 Å². The number of nitrogens with two attached hydrogens (primary N) is 1. The van der Waals surface area contributed by atoms with E-state index in [0.717, 1.165) is 11.6 Å². The number of hydrogen-bond donors (Lipinski definition) is 1. The standard InChI is InChI=1S/C10H14FNSi/c1-10(2,12)13-7-8-4-3-5-9(11)6-8/h3-6H,7,12H2,1-2H3. The third kappa shape index (κ3) is 4.19. The molecule has 13 heavy (non-hydrogen) atoms. The Kier molecular flexibility index (Phi) is 3.22. The Hall–Kier alpha value is -0.673. The summed E-state index contributed by atoms with van der Waals surface area (Å²) in [5.41, 5.74) is 6.86.